The molecule has 0 nitrogen and oxygen atoms in total. The molecule has 0 bridgehead atoms. The van der Waals surface area contributed by atoms with Gasteiger partial charge >= 0.3 is 0 Å². The topological polar surface area (TPSA) is 0 Å². The molecule has 3 rings (SSSR count). The Hall–Kier alpha value is -0.970. The lowest BCUT2D eigenvalue weighted by Crippen LogP contribution is -1.86. The Morgan fingerprint density at radius 3 is 2.24 bits per heavy atom. The molecule has 0 unspecified atom stereocenters. The van der Waals surface area contributed by atoms with Crippen LogP contribution in [0.5, 0.6) is 0 Å². The average Bonchev–Trinajstić information content (AvgIpc) is 2.50. The van der Waals surface area contributed by atoms with E-state index in [0.717, 1.165) is 5.02 Å². The second-order valence-corrected chi connectivity index (χ2v) is 7.25. The number of halogens is 2. The summed E-state index contributed by atoms with van der Waals surface area (Å²) in [5, 5.41) is 0.767. The lowest BCUT2D eigenvalue weighted by Gasteiger charge is -2.11. The first-order chi connectivity index (χ1) is 10.2. The summed E-state index contributed by atoms with van der Waals surface area (Å²) in [5.41, 5.74) is 2.46. The molecule has 0 amide bonds. The van der Waals surface area contributed by atoms with Gasteiger partial charge in [-0.2, -0.15) is 0 Å². The molecule has 0 heterocycles. The molecular weight excluding hydrogens is 411 g/mol. The van der Waals surface area contributed by atoms with E-state index in [9.17, 15) is 0 Å². The van der Waals surface area contributed by atoms with Crippen molar-refractivity contribution in [3.63, 3.8) is 0 Å². The predicted molar refractivity (Wildman–Crippen MR) is 100 cm³/mol. The second kappa shape index (κ2) is 6.86. The van der Waals surface area contributed by atoms with Crippen molar-refractivity contribution in [1.29, 1.82) is 0 Å². The fraction of sp³-hybridized carbons (Fsp3) is 0. The van der Waals surface area contributed by atoms with Gasteiger partial charge in [-0.3, -0.25) is 0 Å². The summed E-state index contributed by atoms with van der Waals surface area (Å²) in [6.07, 6.45) is 0. The van der Waals surface area contributed by atoms with E-state index in [0.29, 0.717) is 0 Å². The van der Waals surface area contributed by atoms with E-state index in [1.807, 2.05) is 18.2 Å². The fourth-order valence-electron chi connectivity index (χ4n) is 2.10. The largest absolute Gasteiger partial charge is 0.0894 e. The predicted octanol–water partition coefficient (Wildman–Crippen LogP) is 6.76. The first-order valence-corrected chi connectivity index (χ1v) is 8.79. The summed E-state index contributed by atoms with van der Waals surface area (Å²) in [7, 11) is 0. The average molecular weight is 423 g/mol. The van der Waals surface area contributed by atoms with Crippen LogP contribution in [-0.2, 0) is 0 Å². The van der Waals surface area contributed by atoms with Crippen LogP contribution in [-0.4, -0.2) is 0 Å². The smallest absolute Gasteiger partial charge is 0.0417 e. The highest BCUT2D eigenvalue weighted by Gasteiger charge is 2.10. The molecule has 104 valence electrons. The van der Waals surface area contributed by atoms with Gasteiger partial charge in [0.15, 0.2) is 0 Å². The quantitative estimate of drug-likeness (QED) is 0.420. The molecule has 0 saturated heterocycles. The molecule has 21 heavy (non-hydrogen) atoms. The van der Waals surface area contributed by atoms with Gasteiger partial charge in [-0.25, -0.2) is 0 Å². The van der Waals surface area contributed by atoms with E-state index in [-0.39, 0.29) is 0 Å². The van der Waals surface area contributed by atoms with Crippen molar-refractivity contribution in [3.8, 4) is 11.1 Å². The second-order valence-electron chi connectivity index (χ2n) is 4.54. The lowest BCUT2D eigenvalue weighted by atomic mass is 10.1. The molecular formula is C18H12ClIS. The summed E-state index contributed by atoms with van der Waals surface area (Å²) in [6.45, 7) is 0. The normalized spacial score (nSPS) is 10.6. The monoisotopic (exact) mass is 422 g/mol. The number of hydrogen-bond donors (Lipinski definition) is 0. The zero-order valence-corrected chi connectivity index (χ0v) is 14.8. The minimum Gasteiger partial charge on any atom is -0.0894 e. The molecule has 0 aliphatic rings. The third kappa shape index (κ3) is 3.62. The summed E-state index contributed by atoms with van der Waals surface area (Å²) in [4.78, 5) is 2.39. The minimum atomic E-state index is 0.767. The van der Waals surface area contributed by atoms with Gasteiger partial charge in [-0.15, -0.1) is 0 Å². The molecule has 0 aliphatic carbocycles. The van der Waals surface area contributed by atoms with Crippen LogP contribution in [0.1, 0.15) is 0 Å². The van der Waals surface area contributed by atoms with E-state index in [1.165, 1.54) is 24.5 Å². The summed E-state index contributed by atoms with van der Waals surface area (Å²) in [6, 6.07) is 24.9. The van der Waals surface area contributed by atoms with Crippen molar-refractivity contribution in [3.05, 3.63) is 81.4 Å². The van der Waals surface area contributed by atoms with Gasteiger partial charge in [-0.05, 0) is 64.0 Å². The Balaban J connectivity index is 2.08. The third-order valence-electron chi connectivity index (χ3n) is 3.08. The molecule has 3 aromatic rings. The van der Waals surface area contributed by atoms with Crippen LogP contribution >= 0.6 is 46.0 Å². The highest BCUT2D eigenvalue weighted by atomic mass is 127. The van der Waals surface area contributed by atoms with E-state index >= 15 is 0 Å². The van der Waals surface area contributed by atoms with Gasteiger partial charge in [0.1, 0.15) is 0 Å². The van der Waals surface area contributed by atoms with Crippen LogP contribution in [0.3, 0.4) is 0 Å². The maximum atomic E-state index is 6.20. The van der Waals surface area contributed by atoms with Crippen molar-refractivity contribution >= 4 is 46.0 Å². The zero-order chi connectivity index (χ0) is 14.7. The highest BCUT2D eigenvalue weighted by molar-refractivity contribution is 14.1. The van der Waals surface area contributed by atoms with Crippen molar-refractivity contribution < 1.29 is 0 Å². The molecule has 0 N–H and O–H groups in total. The van der Waals surface area contributed by atoms with Crippen molar-refractivity contribution in [2.75, 3.05) is 0 Å². The molecule has 0 aliphatic heterocycles. The highest BCUT2D eigenvalue weighted by Crippen LogP contribution is 2.38. The first kappa shape index (κ1) is 14.9. The molecule has 0 atom stereocenters. The van der Waals surface area contributed by atoms with Gasteiger partial charge in [-0.1, -0.05) is 65.8 Å². The van der Waals surface area contributed by atoms with Gasteiger partial charge in [0.05, 0.1) is 0 Å². The first-order valence-electron chi connectivity index (χ1n) is 6.51. The number of rotatable bonds is 3. The third-order valence-corrected chi connectivity index (χ3v) is 5.32. The molecule has 0 fully saturated rings. The van der Waals surface area contributed by atoms with Crippen LogP contribution in [0.2, 0.25) is 5.02 Å². The molecule has 3 aromatic carbocycles. The Labute approximate surface area is 147 Å². The molecule has 0 aromatic heterocycles. The molecule has 0 saturated carbocycles. The van der Waals surface area contributed by atoms with Crippen molar-refractivity contribution in [1.82, 2.24) is 0 Å². The van der Waals surface area contributed by atoms with Crippen LogP contribution < -0.4 is 0 Å². The maximum absolute atomic E-state index is 6.20. The fourth-order valence-corrected chi connectivity index (χ4v) is 4.03. The molecule has 0 spiro atoms. The Morgan fingerprint density at radius 2 is 1.48 bits per heavy atom. The Kier molecular flexibility index (Phi) is 4.88. The van der Waals surface area contributed by atoms with Crippen LogP contribution in [0.15, 0.2) is 82.6 Å². The summed E-state index contributed by atoms with van der Waals surface area (Å²) in [5.74, 6) is 0. The van der Waals surface area contributed by atoms with E-state index in [4.69, 9.17) is 11.6 Å². The van der Waals surface area contributed by atoms with Crippen LogP contribution in [0.25, 0.3) is 11.1 Å². The number of hydrogen-bond acceptors (Lipinski definition) is 1. The van der Waals surface area contributed by atoms with Gasteiger partial charge in [0, 0.05) is 18.4 Å². The summed E-state index contributed by atoms with van der Waals surface area (Å²) >= 11 is 10.3. The van der Waals surface area contributed by atoms with E-state index in [1.54, 1.807) is 11.8 Å². The van der Waals surface area contributed by atoms with Crippen LogP contribution in [0.4, 0.5) is 0 Å². The van der Waals surface area contributed by atoms with Gasteiger partial charge in [0.2, 0.25) is 0 Å². The summed E-state index contributed by atoms with van der Waals surface area (Å²) < 4.78 is 1.24. The maximum Gasteiger partial charge on any atom is 0.0417 e. The minimum absolute atomic E-state index is 0.767. The van der Waals surface area contributed by atoms with E-state index in [2.05, 4.69) is 77.2 Å². The van der Waals surface area contributed by atoms with Crippen molar-refractivity contribution in [2.45, 2.75) is 9.79 Å². The lowest BCUT2D eigenvalue weighted by molar-refractivity contribution is 1.39. The Bertz CT molecular complexity index is 756. The molecule has 0 radical (unpaired) electrons. The van der Waals surface area contributed by atoms with E-state index < -0.39 is 0 Å². The zero-order valence-electron chi connectivity index (χ0n) is 11.1. The number of benzene rings is 3. The molecule has 3 heteroatoms. The SMILES string of the molecule is Clc1ccc(-c2ccccc2I)c(Sc2ccccc2)c1. The van der Waals surface area contributed by atoms with Crippen molar-refractivity contribution in [2.24, 2.45) is 0 Å². The van der Waals surface area contributed by atoms with Gasteiger partial charge in [0.25, 0.3) is 0 Å². The van der Waals surface area contributed by atoms with Crippen LogP contribution in [0, 0.1) is 3.57 Å². The standard InChI is InChI=1S/C18H12ClIS/c19-13-10-11-16(15-8-4-5-9-17(15)20)18(12-13)21-14-6-2-1-3-7-14/h1-12H. The van der Waals surface area contributed by atoms with Gasteiger partial charge < -0.3 is 0 Å². The Morgan fingerprint density at radius 1 is 0.762 bits per heavy atom.